The fourth-order valence-electron chi connectivity index (χ4n) is 2.33. The summed E-state index contributed by atoms with van der Waals surface area (Å²) < 4.78 is 24.0. The number of benzene rings is 2. The Morgan fingerprint density at radius 3 is 2.57 bits per heavy atom. The van der Waals surface area contributed by atoms with Gasteiger partial charge in [-0.15, -0.1) is 0 Å². The molecule has 0 saturated heterocycles. The van der Waals surface area contributed by atoms with Crippen LogP contribution in [0.2, 0.25) is 0 Å². The van der Waals surface area contributed by atoms with E-state index in [-0.39, 0.29) is 17.8 Å². The quantitative estimate of drug-likeness (QED) is 0.890. The molecule has 0 aromatic heterocycles. The Bertz CT molecular complexity index is 688. The van der Waals surface area contributed by atoms with Crippen molar-refractivity contribution in [2.45, 2.75) is 19.4 Å². The summed E-state index contributed by atoms with van der Waals surface area (Å²) in [5.41, 5.74) is 0.982. The number of rotatable bonds is 6. The van der Waals surface area contributed by atoms with Gasteiger partial charge in [-0.25, -0.2) is 4.39 Å². The van der Waals surface area contributed by atoms with Gasteiger partial charge in [0.05, 0.1) is 19.8 Å². The molecule has 2 aromatic carbocycles. The largest absolute Gasteiger partial charge is 0.497 e. The second-order valence-corrected chi connectivity index (χ2v) is 5.24. The molecule has 0 radical (unpaired) electrons. The Kier molecular flexibility index (Phi) is 5.57. The van der Waals surface area contributed by atoms with Crippen molar-refractivity contribution in [1.29, 1.82) is 0 Å². The molecule has 4 nitrogen and oxygen atoms in total. The molecule has 5 heteroatoms. The molecule has 0 aliphatic rings. The summed E-state index contributed by atoms with van der Waals surface area (Å²) in [4.78, 5) is 12.4. The van der Waals surface area contributed by atoms with Crippen molar-refractivity contribution in [2.75, 3.05) is 14.2 Å². The van der Waals surface area contributed by atoms with Crippen LogP contribution >= 0.6 is 0 Å². The van der Waals surface area contributed by atoms with Crippen molar-refractivity contribution in [3.63, 3.8) is 0 Å². The number of nitrogens with one attached hydrogen (secondary N) is 1. The van der Waals surface area contributed by atoms with E-state index in [1.54, 1.807) is 43.5 Å². The van der Waals surface area contributed by atoms with Gasteiger partial charge < -0.3 is 14.8 Å². The van der Waals surface area contributed by atoms with Crippen LogP contribution in [-0.2, 0) is 6.42 Å². The van der Waals surface area contributed by atoms with Crippen molar-refractivity contribution in [2.24, 2.45) is 0 Å². The van der Waals surface area contributed by atoms with E-state index in [0.717, 1.165) is 0 Å². The zero-order valence-electron chi connectivity index (χ0n) is 13.4. The predicted octanol–water partition coefficient (Wildman–Crippen LogP) is 3.20. The first-order chi connectivity index (χ1) is 11.0. The first kappa shape index (κ1) is 16.8. The van der Waals surface area contributed by atoms with E-state index in [0.29, 0.717) is 29.0 Å². The molecular formula is C18H20FNO3. The minimum absolute atomic E-state index is 0.216. The monoisotopic (exact) mass is 317 g/mol. The van der Waals surface area contributed by atoms with Gasteiger partial charge in [-0.05, 0) is 37.1 Å². The standard InChI is InChI=1S/C18H20FNO3/c1-12(10-13-6-4-5-7-16(13)19)20-18(21)15-9-8-14(22-2)11-17(15)23-3/h4-9,11-12H,10H2,1-3H3,(H,20,21). The normalized spacial score (nSPS) is 11.7. The highest BCUT2D eigenvalue weighted by Gasteiger charge is 2.16. The zero-order valence-corrected chi connectivity index (χ0v) is 13.4. The van der Waals surface area contributed by atoms with E-state index in [1.165, 1.54) is 13.2 Å². The molecule has 2 rings (SSSR count). The first-order valence-electron chi connectivity index (χ1n) is 7.31. The van der Waals surface area contributed by atoms with E-state index in [2.05, 4.69) is 5.32 Å². The van der Waals surface area contributed by atoms with Gasteiger partial charge in [0.15, 0.2) is 0 Å². The van der Waals surface area contributed by atoms with Crippen LogP contribution in [0.15, 0.2) is 42.5 Å². The second kappa shape index (κ2) is 7.63. The highest BCUT2D eigenvalue weighted by molar-refractivity contribution is 5.97. The molecule has 0 aliphatic carbocycles. The van der Waals surface area contributed by atoms with E-state index >= 15 is 0 Å². The van der Waals surface area contributed by atoms with Gasteiger partial charge >= 0.3 is 0 Å². The Balaban J connectivity index is 2.08. The van der Waals surface area contributed by atoms with Crippen LogP contribution in [0.5, 0.6) is 11.5 Å². The third-order valence-corrected chi connectivity index (χ3v) is 3.51. The van der Waals surface area contributed by atoms with Gasteiger partial charge in [0.1, 0.15) is 17.3 Å². The Hall–Kier alpha value is -2.56. The molecule has 23 heavy (non-hydrogen) atoms. The molecule has 2 aromatic rings. The van der Waals surface area contributed by atoms with Gasteiger partial charge in [0.25, 0.3) is 5.91 Å². The van der Waals surface area contributed by atoms with Crippen LogP contribution in [0, 0.1) is 5.82 Å². The van der Waals surface area contributed by atoms with E-state index in [9.17, 15) is 9.18 Å². The number of carbonyl (C=O) groups is 1. The topological polar surface area (TPSA) is 47.6 Å². The molecule has 0 bridgehead atoms. The third kappa shape index (κ3) is 4.22. The maximum Gasteiger partial charge on any atom is 0.255 e. The van der Waals surface area contributed by atoms with E-state index in [4.69, 9.17) is 9.47 Å². The Morgan fingerprint density at radius 2 is 1.91 bits per heavy atom. The van der Waals surface area contributed by atoms with Gasteiger partial charge in [-0.3, -0.25) is 4.79 Å². The molecule has 1 N–H and O–H groups in total. The lowest BCUT2D eigenvalue weighted by molar-refractivity contribution is 0.0937. The maximum atomic E-state index is 13.7. The van der Waals surface area contributed by atoms with Crippen LogP contribution in [0.4, 0.5) is 4.39 Å². The molecule has 0 heterocycles. The number of carbonyl (C=O) groups excluding carboxylic acids is 1. The minimum atomic E-state index is -0.270. The predicted molar refractivity (Wildman–Crippen MR) is 86.6 cm³/mol. The number of ether oxygens (including phenoxy) is 2. The summed E-state index contributed by atoms with van der Waals surface area (Å²) in [6.45, 7) is 1.83. The summed E-state index contributed by atoms with van der Waals surface area (Å²) in [6.07, 6.45) is 0.414. The lowest BCUT2D eigenvalue weighted by Crippen LogP contribution is -2.34. The van der Waals surface area contributed by atoms with Gasteiger partial charge in [0.2, 0.25) is 0 Å². The lowest BCUT2D eigenvalue weighted by Gasteiger charge is -2.16. The van der Waals surface area contributed by atoms with Crippen molar-refractivity contribution in [3.05, 3.63) is 59.4 Å². The average molecular weight is 317 g/mol. The van der Waals surface area contributed by atoms with Crippen molar-refractivity contribution in [1.82, 2.24) is 5.32 Å². The fraction of sp³-hybridized carbons (Fsp3) is 0.278. The highest BCUT2D eigenvalue weighted by atomic mass is 19.1. The molecule has 122 valence electrons. The van der Waals surface area contributed by atoms with Crippen LogP contribution in [0.3, 0.4) is 0 Å². The number of amides is 1. The van der Waals surface area contributed by atoms with E-state index < -0.39 is 0 Å². The van der Waals surface area contributed by atoms with Crippen molar-refractivity contribution >= 4 is 5.91 Å². The first-order valence-corrected chi connectivity index (χ1v) is 7.31. The minimum Gasteiger partial charge on any atom is -0.497 e. The molecule has 0 fully saturated rings. The Labute approximate surface area is 135 Å². The SMILES string of the molecule is COc1ccc(C(=O)NC(C)Cc2ccccc2F)c(OC)c1. The van der Waals surface area contributed by atoms with Crippen molar-refractivity contribution < 1.29 is 18.7 Å². The number of methoxy groups -OCH3 is 2. The second-order valence-electron chi connectivity index (χ2n) is 5.24. The van der Waals surface area contributed by atoms with Gasteiger partial charge in [-0.2, -0.15) is 0 Å². The van der Waals surface area contributed by atoms with Crippen LogP contribution in [0.1, 0.15) is 22.8 Å². The van der Waals surface area contributed by atoms with Crippen LogP contribution < -0.4 is 14.8 Å². The molecule has 0 aliphatic heterocycles. The lowest BCUT2D eigenvalue weighted by atomic mass is 10.1. The smallest absolute Gasteiger partial charge is 0.255 e. The zero-order chi connectivity index (χ0) is 16.8. The summed E-state index contributed by atoms with van der Waals surface area (Å²) in [6, 6.07) is 11.3. The molecule has 1 unspecified atom stereocenters. The molecular weight excluding hydrogens is 297 g/mol. The van der Waals surface area contributed by atoms with E-state index in [1.807, 2.05) is 6.92 Å². The van der Waals surface area contributed by atoms with Crippen LogP contribution in [0.25, 0.3) is 0 Å². The maximum absolute atomic E-state index is 13.7. The van der Waals surface area contributed by atoms with Crippen LogP contribution in [-0.4, -0.2) is 26.2 Å². The third-order valence-electron chi connectivity index (χ3n) is 3.51. The molecule has 1 atom stereocenters. The summed E-state index contributed by atoms with van der Waals surface area (Å²) in [5, 5.41) is 2.86. The van der Waals surface area contributed by atoms with Gasteiger partial charge in [-0.1, -0.05) is 18.2 Å². The molecule has 0 saturated carbocycles. The average Bonchev–Trinajstić information content (AvgIpc) is 2.56. The summed E-state index contributed by atoms with van der Waals surface area (Å²) >= 11 is 0. The highest BCUT2D eigenvalue weighted by Crippen LogP contribution is 2.24. The number of hydrogen-bond donors (Lipinski definition) is 1. The number of hydrogen-bond acceptors (Lipinski definition) is 3. The Morgan fingerprint density at radius 1 is 1.17 bits per heavy atom. The number of halogens is 1. The molecule has 1 amide bonds. The fourth-order valence-corrected chi connectivity index (χ4v) is 2.33. The summed E-state index contributed by atoms with van der Waals surface area (Å²) in [5.74, 6) is 0.502. The van der Waals surface area contributed by atoms with Gasteiger partial charge in [0, 0.05) is 12.1 Å². The van der Waals surface area contributed by atoms with Crippen molar-refractivity contribution in [3.8, 4) is 11.5 Å². The summed E-state index contributed by atoms with van der Waals surface area (Å²) in [7, 11) is 3.04. The molecule has 0 spiro atoms.